The van der Waals surface area contributed by atoms with E-state index < -0.39 is 0 Å². The standard InChI is InChI=1S/C17H10BrClN2O/c18-10-5-6-13-12(7-10)15(19)14-16(22)11-4-2-1-3-9(11)8-20-17(14)21-13/h1-7H,8H2,(H,20,21). The van der Waals surface area contributed by atoms with Crippen molar-refractivity contribution in [3.8, 4) is 0 Å². The van der Waals surface area contributed by atoms with Gasteiger partial charge < -0.3 is 5.32 Å². The van der Waals surface area contributed by atoms with Gasteiger partial charge in [0.25, 0.3) is 0 Å². The smallest absolute Gasteiger partial charge is 0.198 e. The van der Waals surface area contributed by atoms with Crippen LogP contribution in [0.25, 0.3) is 10.9 Å². The summed E-state index contributed by atoms with van der Waals surface area (Å²) in [5.41, 5.74) is 2.83. The Kier molecular flexibility index (Phi) is 3.17. The first-order valence-corrected chi connectivity index (χ1v) is 7.97. The van der Waals surface area contributed by atoms with Gasteiger partial charge in [-0.25, -0.2) is 4.98 Å². The predicted octanol–water partition coefficient (Wildman–Crippen LogP) is 4.81. The lowest BCUT2D eigenvalue weighted by Gasteiger charge is -2.11. The van der Waals surface area contributed by atoms with Crippen LogP contribution in [-0.4, -0.2) is 10.8 Å². The highest BCUT2D eigenvalue weighted by molar-refractivity contribution is 9.10. The van der Waals surface area contributed by atoms with Crippen molar-refractivity contribution in [1.82, 2.24) is 4.98 Å². The third-order valence-electron chi connectivity index (χ3n) is 3.82. The predicted molar refractivity (Wildman–Crippen MR) is 91.7 cm³/mol. The maximum Gasteiger partial charge on any atom is 0.198 e. The maximum atomic E-state index is 12.9. The summed E-state index contributed by atoms with van der Waals surface area (Å²) in [7, 11) is 0. The summed E-state index contributed by atoms with van der Waals surface area (Å²) in [4.78, 5) is 17.5. The van der Waals surface area contributed by atoms with E-state index in [2.05, 4.69) is 26.2 Å². The number of ketones is 1. The topological polar surface area (TPSA) is 42.0 Å². The monoisotopic (exact) mass is 372 g/mol. The van der Waals surface area contributed by atoms with Gasteiger partial charge in [0, 0.05) is 22.0 Å². The number of hydrogen-bond donors (Lipinski definition) is 1. The van der Waals surface area contributed by atoms with E-state index in [1.165, 1.54) is 0 Å². The van der Waals surface area contributed by atoms with Crippen molar-refractivity contribution in [2.75, 3.05) is 5.32 Å². The van der Waals surface area contributed by atoms with Gasteiger partial charge >= 0.3 is 0 Å². The molecule has 1 aliphatic rings. The molecule has 0 spiro atoms. The van der Waals surface area contributed by atoms with Gasteiger partial charge in [0.1, 0.15) is 5.82 Å². The molecule has 0 unspecified atom stereocenters. The quantitative estimate of drug-likeness (QED) is 0.615. The van der Waals surface area contributed by atoms with E-state index in [-0.39, 0.29) is 5.78 Å². The summed E-state index contributed by atoms with van der Waals surface area (Å²) in [6.07, 6.45) is 0. The van der Waals surface area contributed by atoms with Crippen LogP contribution in [0, 0.1) is 0 Å². The molecule has 1 aromatic heterocycles. The van der Waals surface area contributed by atoms with Crippen LogP contribution in [0.3, 0.4) is 0 Å². The molecule has 0 fully saturated rings. The zero-order valence-corrected chi connectivity index (χ0v) is 13.7. The number of carbonyl (C=O) groups is 1. The van der Waals surface area contributed by atoms with Crippen molar-refractivity contribution >= 4 is 50.0 Å². The summed E-state index contributed by atoms with van der Waals surface area (Å²) in [5, 5.41) is 4.44. The number of nitrogens with zero attached hydrogens (tertiary/aromatic N) is 1. The number of aromatic nitrogens is 1. The molecular formula is C17H10BrClN2O. The molecular weight excluding hydrogens is 364 g/mol. The summed E-state index contributed by atoms with van der Waals surface area (Å²) >= 11 is 9.98. The van der Waals surface area contributed by atoms with Crippen molar-refractivity contribution in [1.29, 1.82) is 0 Å². The van der Waals surface area contributed by atoms with Crippen LogP contribution in [-0.2, 0) is 6.54 Å². The summed E-state index contributed by atoms with van der Waals surface area (Å²) in [5.74, 6) is 0.455. The number of nitrogens with one attached hydrogen (secondary N) is 1. The average molecular weight is 374 g/mol. The average Bonchev–Trinajstić information content (AvgIpc) is 2.66. The number of carbonyl (C=O) groups excluding carboxylic acids is 1. The Morgan fingerprint density at radius 3 is 2.86 bits per heavy atom. The summed E-state index contributed by atoms with van der Waals surface area (Å²) < 4.78 is 0.901. The molecule has 0 saturated heterocycles. The highest BCUT2D eigenvalue weighted by Crippen LogP contribution is 2.36. The van der Waals surface area contributed by atoms with E-state index in [0.717, 1.165) is 20.9 Å². The molecule has 1 N–H and O–H groups in total. The molecule has 0 aliphatic carbocycles. The molecule has 0 saturated carbocycles. The second-order valence-corrected chi connectivity index (χ2v) is 6.44. The number of pyridine rings is 1. The van der Waals surface area contributed by atoms with Crippen LogP contribution in [0.15, 0.2) is 46.9 Å². The van der Waals surface area contributed by atoms with Crippen LogP contribution in [0.4, 0.5) is 5.82 Å². The Bertz CT molecular complexity index is 939. The minimum atomic E-state index is -0.0880. The van der Waals surface area contributed by atoms with Crippen molar-refractivity contribution < 1.29 is 4.79 Å². The van der Waals surface area contributed by atoms with Gasteiger partial charge in [-0.05, 0) is 23.8 Å². The van der Waals surface area contributed by atoms with Crippen molar-refractivity contribution in [2.24, 2.45) is 0 Å². The number of benzene rings is 2. The third kappa shape index (κ3) is 2.02. The highest BCUT2D eigenvalue weighted by Gasteiger charge is 2.25. The first-order chi connectivity index (χ1) is 10.6. The zero-order chi connectivity index (χ0) is 15.3. The summed E-state index contributed by atoms with van der Waals surface area (Å²) in [6.45, 7) is 0.556. The SMILES string of the molecule is O=C1c2ccccc2CNc2nc3ccc(Br)cc3c(Cl)c21. The van der Waals surface area contributed by atoms with Crippen LogP contribution >= 0.6 is 27.5 Å². The van der Waals surface area contributed by atoms with Gasteiger partial charge in [-0.2, -0.15) is 0 Å². The fraction of sp³-hybridized carbons (Fsp3) is 0.0588. The Morgan fingerprint density at radius 2 is 2.00 bits per heavy atom. The lowest BCUT2D eigenvalue weighted by Crippen LogP contribution is -2.05. The highest BCUT2D eigenvalue weighted by atomic mass is 79.9. The first kappa shape index (κ1) is 13.7. The molecule has 0 atom stereocenters. The Hall–Kier alpha value is -1.91. The van der Waals surface area contributed by atoms with Crippen molar-refractivity contribution in [2.45, 2.75) is 6.54 Å². The van der Waals surface area contributed by atoms with Crippen LogP contribution in [0.2, 0.25) is 5.02 Å². The number of rotatable bonds is 0. The van der Waals surface area contributed by atoms with E-state index >= 15 is 0 Å². The fourth-order valence-electron chi connectivity index (χ4n) is 2.74. The van der Waals surface area contributed by atoms with Gasteiger partial charge in [-0.15, -0.1) is 0 Å². The first-order valence-electron chi connectivity index (χ1n) is 6.80. The molecule has 3 aromatic rings. The molecule has 1 aliphatic heterocycles. The van der Waals surface area contributed by atoms with Gasteiger partial charge in [0.2, 0.25) is 0 Å². The molecule has 108 valence electrons. The van der Waals surface area contributed by atoms with Crippen molar-refractivity contribution in [3.05, 3.63) is 68.7 Å². The number of halogens is 2. The Labute approximate surface area is 140 Å². The molecule has 3 nitrogen and oxygen atoms in total. The van der Waals surface area contributed by atoms with Gasteiger partial charge in [-0.3, -0.25) is 4.79 Å². The minimum absolute atomic E-state index is 0.0880. The molecule has 5 heteroatoms. The van der Waals surface area contributed by atoms with Gasteiger partial charge in [0.05, 0.1) is 16.1 Å². The number of anilines is 1. The second-order valence-electron chi connectivity index (χ2n) is 5.15. The Balaban J connectivity index is 2.04. The third-order valence-corrected chi connectivity index (χ3v) is 4.70. The Morgan fingerprint density at radius 1 is 1.18 bits per heavy atom. The summed E-state index contributed by atoms with van der Waals surface area (Å²) in [6, 6.07) is 13.2. The lowest BCUT2D eigenvalue weighted by molar-refractivity contribution is 0.103. The normalized spacial score (nSPS) is 13.3. The fourth-order valence-corrected chi connectivity index (χ4v) is 3.43. The maximum absolute atomic E-state index is 12.9. The molecule has 0 radical (unpaired) electrons. The molecule has 2 heterocycles. The zero-order valence-electron chi connectivity index (χ0n) is 11.4. The van der Waals surface area contributed by atoms with Crippen LogP contribution in [0.1, 0.15) is 21.5 Å². The largest absolute Gasteiger partial charge is 0.365 e. The number of fused-ring (bicyclic) bond motifs is 3. The molecule has 22 heavy (non-hydrogen) atoms. The van der Waals surface area contributed by atoms with E-state index in [9.17, 15) is 4.79 Å². The van der Waals surface area contributed by atoms with E-state index in [1.807, 2.05) is 42.5 Å². The van der Waals surface area contributed by atoms with Crippen molar-refractivity contribution in [3.63, 3.8) is 0 Å². The lowest BCUT2D eigenvalue weighted by atomic mass is 9.99. The van der Waals surface area contributed by atoms with E-state index in [0.29, 0.717) is 28.5 Å². The molecule has 0 bridgehead atoms. The molecule has 0 amide bonds. The van der Waals surface area contributed by atoms with E-state index in [1.54, 1.807) is 0 Å². The van der Waals surface area contributed by atoms with Crippen LogP contribution in [0.5, 0.6) is 0 Å². The van der Waals surface area contributed by atoms with Crippen LogP contribution < -0.4 is 5.32 Å². The molecule has 4 rings (SSSR count). The van der Waals surface area contributed by atoms with E-state index in [4.69, 9.17) is 11.6 Å². The minimum Gasteiger partial charge on any atom is -0.365 e. The van der Waals surface area contributed by atoms with Gasteiger partial charge in [-0.1, -0.05) is 51.8 Å². The van der Waals surface area contributed by atoms with Gasteiger partial charge in [0.15, 0.2) is 5.78 Å². The number of hydrogen-bond acceptors (Lipinski definition) is 3. The second kappa shape index (κ2) is 5.07. The molecule has 2 aromatic carbocycles.